The first-order valence-electron chi connectivity index (χ1n) is 9.63. The van der Waals surface area contributed by atoms with Crippen molar-refractivity contribution in [3.05, 3.63) is 46.8 Å². The van der Waals surface area contributed by atoms with E-state index in [1.807, 2.05) is 17.5 Å². The first-order valence-corrected chi connectivity index (χ1v) is 12.4. The van der Waals surface area contributed by atoms with Crippen LogP contribution < -0.4 is 5.32 Å². The Hall–Kier alpha value is -1.91. The maximum absolute atomic E-state index is 13.2. The van der Waals surface area contributed by atoms with Gasteiger partial charge in [-0.05, 0) is 48.7 Å². The lowest BCUT2D eigenvalue weighted by Crippen LogP contribution is -2.37. The number of nitrogens with zero attached hydrogens (tertiary/aromatic N) is 2. The Kier molecular flexibility index (Phi) is 6.74. The molecule has 0 atom stereocenters. The van der Waals surface area contributed by atoms with Crippen molar-refractivity contribution in [3.63, 3.8) is 0 Å². The fourth-order valence-electron chi connectivity index (χ4n) is 3.16. The molecular weight excluding hydrogens is 446 g/mol. The van der Waals surface area contributed by atoms with E-state index >= 15 is 0 Å². The van der Waals surface area contributed by atoms with Crippen molar-refractivity contribution < 1.29 is 17.6 Å². The van der Waals surface area contributed by atoms with Crippen molar-refractivity contribution in [1.82, 2.24) is 9.88 Å². The highest BCUT2D eigenvalue weighted by Crippen LogP contribution is 2.34. The molecule has 3 aromatic rings. The third-order valence-corrected chi connectivity index (χ3v) is 7.54. The van der Waals surface area contributed by atoms with Crippen molar-refractivity contribution in [1.29, 1.82) is 0 Å². The van der Waals surface area contributed by atoms with Gasteiger partial charge in [0.25, 0.3) is 0 Å². The van der Waals surface area contributed by atoms with Crippen molar-refractivity contribution in [2.24, 2.45) is 0 Å². The lowest BCUT2D eigenvalue weighted by atomic mass is 10.3. The summed E-state index contributed by atoms with van der Waals surface area (Å²) in [5.41, 5.74) is 0. The minimum atomic E-state index is -3.86. The molecule has 3 heterocycles. The second kappa shape index (κ2) is 9.49. The van der Waals surface area contributed by atoms with Gasteiger partial charge in [0.05, 0.1) is 23.0 Å². The van der Waals surface area contributed by atoms with E-state index < -0.39 is 9.84 Å². The SMILES string of the molecule is O=S(=O)(c1ccc(Cl)cc1)c1nc(-c2cccs2)oc1NCCCN1CCOCC1. The summed E-state index contributed by atoms with van der Waals surface area (Å²) in [4.78, 5) is 7.54. The zero-order valence-corrected chi connectivity index (χ0v) is 18.6. The number of rotatable bonds is 8. The van der Waals surface area contributed by atoms with Gasteiger partial charge in [0.15, 0.2) is 0 Å². The first kappa shape index (κ1) is 21.3. The fourth-order valence-corrected chi connectivity index (χ4v) is 5.21. The molecule has 1 N–H and O–H groups in total. The van der Waals surface area contributed by atoms with Crippen molar-refractivity contribution in [3.8, 4) is 10.8 Å². The van der Waals surface area contributed by atoms with E-state index in [1.165, 1.54) is 23.5 Å². The predicted molar refractivity (Wildman–Crippen MR) is 117 cm³/mol. The van der Waals surface area contributed by atoms with Gasteiger partial charge < -0.3 is 14.5 Å². The molecule has 0 aliphatic carbocycles. The van der Waals surface area contributed by atoms with Gasteiger partial charge in [0.2, 0.25) is 26.6 Å². The minimum Gasteiger partial charge on any atom is -0.418 e. The maximum atomic E-state index is 13.2. The average Bonchev–Trinajstić information content (AvgIpc) is 3.42. The van der Waals surface area contributed by atoms with E-state index in [1.54, 1.807) is 12.1 Å². The summed E-state index contributed by atoms with van der Waals surface area (Å²) in [7, 11) is -3.86. The number of hydrogen-bond acceptors (Lipinski definition) is 8. The molecular formula is C20H22ClN3O4S2. The van der Waals surface area contributed by atoms with Gasteiger partial charge >= 0.3 is 0 Å². The standard InChI is InChI=1S/C20H22ClN3O4S2/c21-15-4-6-16(7-5-15)30(25,26)20-19(28-18(23-20)17-3-1-14-29-17)22-8-2-9-24-10-12-27-13-11-24/h1,3-7,14,22H,2,8-13H2. The Labute approximate surface area is 184 Å². The molecule has 1 saturated heterocycles. The number of benzene rings is 1. The molecule has 0 amide bonds. The Morgan fingerprint density at radius 3 is 2.63 bits per heavy atom. The smallest absolute Gasteiger partial charge is 0.240 e. The molecule has 0 radical (unpaired) electrons. The van der Waals surface area contributed by atoms with Crippen LogP contribution in [0.1, 0.15) is 6.42 Å². The Balaban J connectivity index is 1.54. The molecule has 2 aromatic heterocycles. The van der Waals surface area contributed by atoms with Crippen LogP contribution in [0.3, 0.4) is 0 Å². The van der Waals surface area contributed by atoms with E-state index in [2.05, 4.69) is 15.2 Å². The number of ether oxygens (including phenoxy) is 1. The molecule has 1 aliphatic heterocycles. The van der Waals surface area contributed by atoms with E-state index in [9.17, 15) is 8.42 Å². The van der Waals surface area contributed by atoms with Crippen LogP contribution in [-0.2, 0) is 14.6 Å². The number of anilines is 1. The molecule has 1 fully saturated rings. The summed E-state index contributed by atoms with van der Waals surface area (Å²) in [6.45, 7) is 4.82. The third kappa shape index (κ3) is 4.87. The maximum Gasteiger partial charge on any atom is 0.240 e. The first-order chi connectivity index (χ1) is 14.5. The van der Waals surface area contributed by atoms with Crippen LogP contribution in [0.15, 0.2) is 56.1 Å². The van der Waals surface area contributed by atoms with Gasteiger partial charge in [0.1, 0.15) is 0 Å². The average molecular weight is 468 g/mol. The molecule has 0 saturated carbocycles. The highest BCUT2D eigenvalue weighted by Gasteiger charge is 2.28. The predicted octanol–water partition coefficient (Wildman–Crippen LogP) is 4.02. The highest BCUT2D eigenvalue weighted by atomic mass is 35.5. The summed E-state index contributed by atoms with van der Waals surface area (Å²) in [5.74, 6) is 0.448. The number of aromatic nitrogens is 1. The van der Waals surface area contributed by atoms with E-state index in [0.717, 1.165) is 44.1 Å². The molecule has 0 spiro atoms. The number of hydrogen-bond donors (Lipinski definition) is 1. The minimum absolute atomic E-state index is 0.111. The van der Waals surface area contributed by atoms with Gasteiger partial charge in [-0.1, -0.05) is 17.7 Å². The quantitative estimate of drug-likeness (QED) is 0.501. The van der Waals surface area contributed by atoms with Gasteiger partial charge in [-0.15, -0.1) is 11.3 Å². The largest absolute Gasteiger partial charge is 0.418 e. The summed E-state index contributed by atoms with van der Waals surface area (Å²) < 4.78 is 37.6. The normalized spacial score (nSPS) is 15.4. The second-order valence-electron chi connectivity index (χ2n) is 6.82. The number of sulfone groups is 1. The highest BCUT2D eigenvalue weighted by molar-refractivity contribution is 7.91. The van der Waals surface area contributed by atoms with Crippen LogP contribution in [-0.4, -0.2) is 57.7 Å². The molecule has 0 unspecified atom stereocenters. The molecule has 7 nitrogen and oxygen atoms in total. The zero-order chi connectivity index (χ0) is 21.0. The molecule has 30 heavy (non-hydrogen) atoms. The number of nitrogens with one attached hydrogen (secondary N) is 1. The summed E-state index contributed by atoms with van der Waals surface area (Å²) in [5, 5.41) is 5.38. The Morgan fingerprint density at radius 2 is 1.93 bits per heavy atom. The van der Waals surface area contributed by atoms with Gasteiger partial charge in [-0.3, -0.25) is 4.90 Å². The molecule has 4 rings (SSSR count). The number of morpholine rings is 1. The zero-order valence-electron chi connectivity index (χ0n) is 16.2. The lowest BCUT2D eigenvalue weighted by Gasteiger charge is -2.26. The Morgan fingerprint density at radius 1 is 1.17 bits per heavy atom. The summed E-state index contributed by atoms with van der Waals surface area (Å²) in [6, 6.07) is 9.75. The molecule has 10 heteroatoms. The fraction of sp³-hybridized carbons (Fsp3) is 0.350. The van der Waals surface area contributed by atoms with Crippen LogP contribution >= 0.6 is 22.9 Å². The third-order valence-electron chi connectivity index (χ3n) is 4.75. The van der Waals surface area contributed by atoms with Gasteiger partial charge in [0, 0.05) is 24.7 Å². The number of thiophene rings is 1. The van der Waals surface area contributed by atoms with E-state index in [-0.39, 0.29) is 21.7 Å². The number of halogens is 1. The van der Waals surface area contributed by atoms with Crippen LogP contribution in [0.2, 0.25) is 5.02 Å². The van der Waals surface area contributed by atoms with Gasteiger partial charge in [-0.25, -0.2) is 8.42 Å². The second-order valence-corrected chi connectivity index (χ2v) is 10.1. The van der Waals surface area contributed by atoms with Crippen molar-refractivity contribution in [2.45, 2.75) is 16.3 Å². The van der Waals surface area contributed by atoms with E-state index in [4.69, 9.17) is 20.8 Å². The Bertz CT molecular complexity index is 1060. The monoisotopic (exact) mass is 467 g/mol. The number of oxazole rings is 1. The molecule has 1 aliphatic rings. The summed E-state index contributed by atoms with van der Waals surface area (Å²) in [6.07, 6.45) is 0.843. The summed E-state index contributed by atoms with van der Waals surface area (Å²) >= 11 is 7.35. The molecule has 1 aromatic carbocycles. The van der Waals surface area contributed by atoms with Crippen LogP contribution in [0.4, 0.5) is 5.88 Å². The van der Waals surface area contributed by atoms with Crippen LogP contribution in [0, 0.1) is 0 Å². The van der Waals surface area contributed by atoms with Crippen LogP contribution in [0.5, 0.6) is 0 Å². The lowest BCUT2D eigenvalue weighted by molar-refractivity contribution is 0.0378. The topological polar surface area (TPSA) is 84.7 Å². The van der Waals surface area contributed by atoms with E-state index in [0.29, 0.717) is 11.6 Å². The molecule has 0 bridgehead atoms. The van der Waals surface area contributed by atoms with Crippen molar-refractivity contribution in [2.75, 3.05) is 44.7 Å². The molecule has 160 valence electrons. The van der Waals surface area contributed by atoms with Crippen molar-refractivity contribution >= 4 is 38.7 Å². The van der Waals surface area contributed by atoms with Crippen LogP contribution in [0.25, 0.3) is 10.8 Å². The van der Waals surface area contributed by atoms with Gasteiger partial charge in [-0.2, -0.15) is 4.98 Å².